The summed E-state index contributed by atoms with van der Waals surface area (Å²) >= 11 is 0. The normalized spacial score (nSPS) is 20.8. The Kier molecular flexibility index (Phi) is 3.78. The molecule has 0 radical (unpaired) electrons. The van der Waals surface area contributed by atoms with Gasteiger partial charge in [0.2, 0.25) is 0 Å². The van der Waals surface area contributed by atoms with Crippen molar-refractivity contribution in [3.8, 4) is 0 Å². The van der Waals surface area contributed by atoms with E-state index in [2.05, 4.69) is 33.0 Å². The van der Waals surface area contributed by atoms with E-state index in [1.54, 1.807) is 0 Å². The van der Waals surface area contributed by atoms with Gasteiger partial charge in [0.1, 0.15) is 0 Å². The van der Waals surface area contributed by atoms with Crippen molar-refractivity contribution >= 4 is 0 Å². The first-order valence-electron chi connectivity index (χ1n) is 5.85. The SMILES string of the molecule is CCC(CC)CC1(C(C)C)CNC1. The van der Waals surface area contributed by atoms with E-state index in [-0.39, 0.29) is 0 Å². The molecule has 1 nitrogen and oxygen atoms in total. The van der Waals surface area contributed by atoms with Crippen LogP contribution in [0.2, 0.25) is 0 Å². The standard InChI is InChI=1S/C12H25N/c1-5-11(6-2)7-12(10(3)4)8-13-9-12/h10-11,13H,5-9H2,1-4H3. The summed E-state index contributed by atoms with van der Waals surface area (Å²) in [7, 11) is 0. The van der Waals surface area contributed by atoms with E-state index in [1.165, 1.54) is 32.4 Å². The smallest absolute Gasteiger partial charge is 0.00228 e. The maximum absolute atomic E-state index is 3.44. The molecule has 1 heteroatoms. The Morgan fingerprint density at radius 3 is 1.92 bits per heavy atom. The zero-order chi connectivity index (χ0) is 9.90. The van der Waals surface area contributed by atoms with E-state index in [1.807, 2.05) is 0 Å². The van der Waals surface area contributed by atoms with Gasteiger partial charge in [-0.2, -0.15) is 0 Å². The topological polar surface area (TPSA) is 12.0 Å². The van der Waals surface area contributed by atoms with E-state index in [4.69, 9.17) is 0 Å². The van der Waals surface area contributed by atoms with Gasteiger partial charge in [0.15, 0.2) is 0 Å². The number of rotatable bonds is 5. The van der Waals surface area contributed by atoms with Crippen molar-refractivity contribution in [3.63, 3.8) is 0 Å². The van der Waals surface area contributed by atoms with Crippen LogP contribution in [0.5, 0.6) is 0 Å². The second-order valence-corrected chi connectivity index (χ2v) is 5.01. The van der Waals surface area contributed by atoms with Gasteiger partial charge >= 0.3 is 0 Å². The van der Waals surface area contributed by atoms with E-state index >= 15 is 0 Å². The fraction of sp³-hybridized carbons (Fsp3) is 1.00. The molecule has 0 aromatic heterocycles. The summed E-state index contributed by atoms with van der Waals surface area (Å²) in [5.74, 6) is 1.79. The lowest BCUT2D eigenvalue weighted by Gasteiger charge is -2.48. The van der Waals surface area contributed by atoms with Gasteiger partial charge < -0.3 is 5.32 Å². The average molecular weight is 183 g/mol. The molecular weight excluding hydrogens is 158 g/mol. The second kappa shape index (κ2) is 4.45. The monoisotopic (exact) mass is 183 g/mol. The average Bonchev–Trinajstić information content (AvgIpc) is 2.03. The number of hydrogen-bond acceptors (Lipinski definition) is 1. The van der Waals surface area contributed by atoms with Gasteiger partial charge in [-0.25, -0.2) is 0 Å². The fourth-order valence-corrected chi connectivity index (χ4v) is 2.39. The van der Waals surface area contributed by atoms with Gasteiger partial charge in [-0.3, -0.25) is 0 Å². The van der Waals surface area contributed by atoms with Crippen LogP contribution in [0.1, 0.15) is 47.0 Å². The van der Waals surface area contributed by atoms with Gasteiger partial charge in [0, 0.05) is 13.1 Å². The Labute approximate surface area is 83.3 Å². The van der Waals surface area contributed by atoms with Crippen molar-refractivity contribution in [1.29, 1.82) is 0 Å². The molecule has 0 unspecified atom stereocenters. The molecule has 0 amide bonds. The van der Waals surface area contributed by atoms with Crippen LogP contribution in [-0.4, -0.2) is 13.1 Å². The van der Waals surface area contributed by atoms with Crippen molar-refractivity contribution in [3.05, 3.63) is 0 Å². The predicted octanol–water partition coefficient (Wildman–Crippen LogP) is 3.06. The highest BCUT2D eigenvalue weighted by molar-refractivity contribution is 4.95. The molecule has 0 aliphatic carbocycles. The highest BCUT2D eigenvalue weighted by atomic mass is 15.0. The lowest BCUT2D eigenvalue weighted by Crippen LogP contribution is -2.57. The summed E-state index contributed by atoms with van der Waals surface area (Å²) in [5.41, 5.74) is 0.636. The lowest BCUT2D eigenvalue weighted by molar-refractivity contribution is 0.0628. The zero-order valence-electron chi connectivity index (χ0n) is 9.69. The third-order valence-corrected chi connectivity index (χ3v) is 4.03. The fourth-order valence-electron chi connectivity index (χ4n) is 2.39. The quantitative estimate of drug-likeness (QED) is 0.691. The first-order chi connectivity index (χ1) is 6.14. The summed E-state index contributed by atoms with van der Waals surface area (Å²) in [6.45, 7) is 11.9. The first-order valence-corrected chi connectivity index (χ1v) is 5.85. The molecule has 1 saturated heterocycles. The van der Waals surface area contributed by atoms with Crippen LogP contribution in [0.15, 0.2) is 0 Å². The molecular formula is C12H25N. The maximum atomic E-state index is 3.44. The van der Waals surface area contributed by atoms with Gasteiger partial charge in [0.05, 0.1) is 0 Å². The van der Waals surface area contributed by atoms with Crippen LogP contribution in [0.4, 0.5) is 0 Å². The van der Waals surface area contributed by atoms with E-state index in [9.17, 15) is 0 Å². The molecule has 13 heavy (non-hydrogen) atoms. The largest absolute Gasteiger partial charge is 0.316 e. The minimum absolute atomic E-state index is 0.636. The Hall–Kier alpha value is -0.0400. The predicted molar refractivity (Wildman–Crippen MR) is 58.8 cm³/mol. The van der Waals surface area contributed by atoms with Crippen molar-refractivity contribution in [2.45, 2.75) is 47.0 Å². The molecule has 1 N–H and O–H groups in total. The molecule has 1 fully saturated rings. The van der Waals surface area contributed by atoms with Gasteiger partial charge in [-0.1, -0.05) is 40.5 Å². The molecule has 0 atom stereocenters. The van der Waals surface area contributed by atoms with Crippen molar-refractivity contribution in [2.24, 2.45) is 17.3 Å². The van der Waals surface area contributed by atoms with Crippen molar-refractivity contribution < 1.29 is 0 Å². The number of nitrogens with one attached hydrogen (secondary N) is 1. The van der Waals surface area contributed by atoms with Crippen LogP contribution < -0.4 is 5.32 Å². The van der Waals surface area contributed by atoms with Crippen LogP contribution in [0, 0.1) is 17.3 Å². The lowest BCUT2D eigenvalue weighted by atomic mass is 9.66. The van der Waals surface area contributed by atoms with Crippen LogP contribution >= 0.6 is 0 Å². The molecule has 1 heterocycles. The highest BCUT2D eigenvalue weighted by Crippen LogP contribution is 2.39. The zero-order valence-corrected chi connectivity index (χ0v) is 9.69. The first kappa shape index (κ1) is 11.0. The van der Waals surface area contributed by atoms with E-state index < -0.39 is 0 Å². The van der Waals surface area contributed by atoms with Gasteiger partial charge in [-0.05, 0) is 23.7 Å². The molecule has 0 aromatic carbocycles. The van der Waals surface area contributed by atoms with Gasteiger partial charge in [0.25, 0.3) is 0 Å². The summed E-state index contributed by atoms with van der Waals surface area (Å²) in [6, 6.07) is 0. The third-order valence-electron chi connectivity index (χ3n) is 4.03. The summed E-state index contributed by atoms with van der Waals surface area (Å²) in [5, 5.41) is 3.44. The minimum atomic E-state index is 0.636. The van der Waals surface area contributed by atoms with Crippen LogP contribution in [0.25, 0.3) is 0 Å². The summed E-state index contributed by atoms with van der Waals surface area (Å²) in [4.78, 5) is 0. The minimum Gasteiger partial charge on any atom is -0.316 e. The van der Waals surface area contributed by atoms with Gasteiger partial charge in [-0.15, -0.1) is 0 Å². The van der Waals surface area contributed by atoms with Crippen molar-refractivity contribution in [2.75, 3.05) is 13.1 Å². The van der Waals surface area contributed by atoms with Crippen LogP contribution in [0.3, 0.4) is 0 Å². The third kappa shape index (κ3) is 2.25. The Bertz CT molecular complexity index is 143. The molecule has 0 aromatic rings. The molecule has 0 bridgehead atoms. The molecule has 1 rings (SSSR count). The van der Waals surface area contributed by atoms with Crippen molar-refractivity contribution in [1.82, 2.24) is 5.32 Å². The second-order valence-electron chi connectivity index (χ2n) is 5.01. The van der Waals surface area contributed by atoms with E-state index in [0.717, 1.165) is 11.8 Å². The molecule has 1 aliphatic heterocycles. The van der Waals surface area contributed by atoms with Crippen LogP contribution in [-0.2, 0) is 0 Å². The number of hydrogen-bond donors (Lipinski definition) is 1. The molecule has 1 aliphatic rings. The highest BCUT2D eigenvalue weighted by Gasteiger charge is 2.40. The summed E-state index contributed by atoms with van der Waals surface area (Å²) in [6.07, 6.45) is 4.14. The Morgan fingerprint density at radius 2 is 1.69 bits per heavy atom. The molecule has 0 saturated carbocycles. The van der Waals surface area contributed by atoms with E-state index in [0.29, 0.717) is 5.41 Å². The molecule has 78 valence electrons. The maximum Gasteiger partial charge on any atom is 0.00228 e. The summed E-state index contributed by atoms with van der Waals surface area (Å²) < 4.78 is 0. The Morgan fingerprint density at radius 1 is 1.15 bits per heavy atom. The molecule has 0 spiro atoms. The Balaban J connectivity index is 2.47.